The summed E-state index contributed by atoms with van der Waals surface area (Å²) < 4.78 is 0. The molecule has 2 heteroatoms. The SMILES string of the molecule is Cc1cccc(N2CCCCCC2)c1CN. The first-order chi connectivity index (χ1) is 7.83. The number of benzene rings is 1. The van der Waals surface area contributed by atoms with Gasteiger partial charge in [-0.3, -0.25) is 0 Å². The molecule has 0 spiro atoms. The van der Waals surface area contributed by atoms with Crippen LogP contribution >= 0.6 is 0 Å². The van der Waals surface area contributed by atoms with Crippen LogP contribution in [0.3, 0.4) is 0 Å². The van der Waals surface area contributed by atoms with Crippen LogP contribution in [0.2, 0.25) is 0 Å². The lowest BCUT2D eigenvalue weighted by Crippen LogP contribution is -2.25. The highest BCUT2D eigenvalue weighted by molar-refractivity contribution is 5.56. The topological polar surface area (TPSA) is 29.3 Å². The molecule has 1 saturated heterocycles. The highest BCUT2D eigenvalue weighted by Gasteiger charge is 2.13. The summed E-state index contributed by atoms with van der Waals surface area (Å²) in [7, 11) is 0. The predicted molar refractivity (Wildman–Crippen MR) is 69.8 cm³/mol. The fraction of sp³-hybridized carbons (Fsp3) is 0.571. The maximum Gasteiger partial charge on any atom is 0.0414 e. The van der Waals surface area contributed by atoms with Crippen molar-refractivity contribution in [1.82, 2.24) is 0 Å². The summed E-state index contributed by atoms with van der Waals surface area (Å²) in [5, 5.41) is 0. The Morgan fingerprint density at radius 3 is 2.44 bits per heavy atom. The van der Waals surface area contributed by atoms with Crippen LogP contribution in [0.4, 0.5) is 5.69 Å². The van der Waals surface area contributed by atoms with Gasteiger partial charge in [-0.05, 0) is 37.0 Å². The summed E-state index contributed by atoms with van der Waals surface area (Å²) in [5.41, 5.74) is 9.88. The van der Waals surface area contributed by atoms with Crippen LogP contribution < -0.4 is 10.6 Å². The molecule has 0 saturated carbocycles. The Morgan fingerprint density at radius 2 is 1.81 bits per heavy atom. The van der Waals surface area contributed by atoms with Gasteiger partial charge < -0.3 is 10.6 Å². The molecule has 1 aromatic carbocycles. The average molecular weight is 218 g/mol. The third kappa shape index (κ3) is 2.38. The van der Waals surface area contributed by atoms with Crippen molar-refractivity contribution in [3.05, 3.63) is 29.3 Å². The largest absolute Gasteiger partial charge is 0.371 e. The Hall–Kier alpha value is -1.02. The molecule has 1 aliphatic heterocycles. The predicted octanol–water partition coefficient (Wildman–Crippen LogP) is 2.83. The molecule has 1 fully saturated rings. The number of nitrogens with two attached hydrogens (primary N) is 1. The summed E-state index contributed by atoms with van der Waals surface area (Å²) in [5.74, 6) is 0. The highest BCUT2D eigenvalue weighted by atomic mass is 15.1. The molecule has 16 heavy (non-hydrogen) atoms. The Kier molecular flexibility index (Phi) is 3.83. The molecule has 2 N–H and O–H groups in total. The first-order valence-corrected chi connectivity index (χ1v) is 6.36. The molecular formula is C14H22N2. The lowest BCUT2D eigenvalue weighted by Gasteiger charge is -2.26. The fourth-order valence-electron chi connectivity index (χ4n) is 2.56. The number of anilines is 1. The van der Waals surface area contributed by atoms with Crippen molar-refractivity contribution in [1.29, 1.82) is 0 Å². The zero-order chi connectivity index (χ0) is 11.4. The van der Waals surface area contributed by atoms with E-state index < -0.39 is 0 Å². The number of rotatable bonds is 2. The van der Waals surface area contributed by atoms with Crippen LogP contribution in [-0.4, -0.2) is 13.1 Å². The number of aryl methyl sites for hydroxylation is 1. The number of nitrogens with zero attached hydrogens (tertiary/aromatic N) is 1. The molecule has 1 heterocycles. The molecule has 0 unspecified atom stereocenters. The van der Waals surface area contributed by atoms with E-state index in [1.54, 1.807) is 0 Å². The molecule has 2 nitrogen and oxygen atoms in total. The van der Waals surface area contributed by atoms with Crippen LogP contribution in [-0.2, 0) is 6.54 Å². The fourth-order valence-corrected chi connectivity index (χ4v) is 2.56. The van der Waals surface area contributed by atoms with Gasteiger partial charge in [0.15, 0.2) is 0 Å². The van der Waals surface area contributed by atoms with Crippen molar-refractivity contribution >= 4 is 5.69 Å². The van der Waals surface area contributed by atoms with Gasteiger partial charge in [-0.15, -0.1) is 0 Å². The van der Waals surface area contributed by atoms with Gasteiger partial charge in [0, 0.05) is 25.3 Å². The first-order valence-electron chi connectivity index (χ1n) is 6.36. The smallest absolute Gasteiger partial charge is 0.0414 e. The minimum absolute atomic E-state index is 0.651. The van der Waals surface area contributed by atoms with Crippen molar-refractivity contribution in [2.45, 2.75) is 39.2 Å². The Bertz CT molecular complexity index is 339. The molecule has 0 amide bonds. The molecule has 88 valence electrons. The van der Waals surface area contributed by atoms with Gasteiger partial charge in [-0.1, -0.05) is 25.0 Å². The number of hydrogen-bond donors (Lipinski definition) is 1. The van der Waals surface area contributed by atoms with Gasteiger partial charge in [-0.25, -0.2) is 0 Å². The van der Waals surface area contributed by atoms with E-state index in [4.69, 9.17) is 5.73 Å². The molecule has 1 aromatic rings. The Morgan fingerprint density at radius 1 is 1.12 bits per heavy atom. The van der Waals surface area contributed by atoms with Gasteiger partial charge in [-0.2, -0.15) is 0 Å². The van der Waals surface area contributed by atoms with Crippen molar-refractivity contribution in [3.63, 3.8) is 0 Å². The van der Waals surface area contributed by atoms with Crippen LogP contribution in [0.5, 0.6) is 0 Å². The normalized spacial score (nSPS) is 17.2. The Labute approximate surface area is 98.4 Å². The summed E-state index contributed by atoms with van der Waals surface area (Å²) in [4.78, 5) is 2.52. The van der Waals surface area contributed by atoms with Gasteiger partial charge in [0.05, 0.1) is 0 Å². The van der Waals surface area contributed by atoms with E-state index in [0.29, 0.717) is 6.54 Å². The van der Waals surface area contributed by atoms with Gasteiger partial charge >= 0.3 is 0 Å². The van der Waals surface area contributed by atoms with Crippen molar-refractivity contribution < 1.29 is 0 Å². The maximum absolute atomic E-state index is 5.87. The van der Waals surface area contributed by atoms with Gasteiger partial charge in [0.2, 0.25) is 0 Å². The molecule has 0 bridgehead atoms. The van der Waals surface area contributed by atoms with Gasteiger partial charge in [0.25, 0.3) is 0 Å². The standard InChI is InChI=1S/C14H22N2/c1-12-7-6-8-14(13(12)11-15)16-9-4-2-3-5-10-16/h6-8H,2-5,9-11,15H2,1H3. The maximum atomic E-state index is 5.87. The third-order valence-corrected chi connectivity index (χ3v) is 3.54. The van der Waals surface area contributed by atoms with E-state index in [0.717, 1.165) is 0 Å². The second-order valence-corrected chi connectivity index (χ2v) is 4.68. The minimum Gasteiger partial charge on any atom is -0.371 e. The summed E-state index contributed by atoms with van der Waals surface area (Å²) >= 11 is 0. The molecule has 0 aliphatic carbocycles. The van der Waals surface area contributed by atoms with E-state index in [9.17, 15) is 0 Å². The quantitative estimate of drug-likeness (QED) is 0.827. The lowest BCUT2D eigenvalue weighted by molar-refractivity contribution is 0.726. The molecular weight excluding hydrogens is 196 g/mol. The molecule has 0 radical (unpaired) electrons. The van der Waals surface area contributed by atoms with Crippen molar-refractivity contribution in [3.8, 4) is 0 Å². The Balaban J connectivity index is 2.27. The summed E-state index contributed by atoms with van der Waals surface area (Å²) in [6, 6.07) is 6.53. The molecule has 0 aromatic heterocycles. The van der Waals surface area contributed by atoms with E-state index >= 15 is 0 Å². The molecule has 0 atom stereocenters. The van der Waals surface area contributed by atoms with E-state index in [-0.39, 0.29) is 0 Å². The zero-order valence-corrected chi connectivity index (χ0v) is 10.2. The molecule has 2 rings (SSSR count). The van der Waals surface area contributed by atoms with Crippen molar-refractivity contribution in [2.75, 3.05) is 18.0 Å². The first kappa shape index (κ1) is 11.5. The average Bonchev–Trinajstić information content (AvgIpc) is 2.57. The second kappa shape index (κ2) is 5.35. The van der Waals surface area contributed by atoms with Crippen LogP contribution in [0.25, 0.3) is 0 Å². The monoisotopic (exact) mass is 218 g/mol. The molecule has 1 aliphatic rings. The summed E-state index contributed by atoms with van der Waals surface area (Å²) in [6.45, 7) is 5.19. The van der Waals surface area contributed by atoms with Crippen LogP contribution in [0, 0.1) is 6.92 Å². The number of hydrogen-bond acceptors (Lipinski definition) is 2. The summed E-state index contributed by atoms with van der Waals surface area (Å²) in [6.07, 6.45) is 5.39. The highest BCUT2D eigenvalue weighted by Crippen LogP contribution is 2.25. The lowest BCUT2D eigenvalue weighted by atomic mass is 10.1. The zero-order valence-electron chi connectivity index (χ0n) is 10.2. The third-order valence-electron chi connectivity index (χ3n) is 3.54. The van der Waals surface area contributed by atoms with Gasteiger partial charge in [0.1, 0.15) is 0 Å². The van der Waals surface area contributed by atoms with Crippen molar-refractivity contribution in [2.24, 2.45) is 5.73 Å². The van der Waals surface area contributed by atoms with E-state index in [1.807, 2.05) is 0 Å². The minimum atomic E-state index is 0.651. The van der Waals surface area contributed by atoms with E-state index in [2.05, 4.69) is 30.0 Å². The van der Waals surface area contributed by atoms with E-state index in [1.165, 1.54) is 55.6 Å². The van der Waals surface area contributed by atoms with Crippen LogP contribution in [0.15, 0.2) is 18.2 Å². The second-order valence-electron chi connectivity index (χ2n) is 4.68. The van der Waals surface area contributed by atoms with Crippen LogP contribution in [0.1, 0.15) is 36.8 Å².